The van der Waals surface area contributed by atoms with Gasteiger partial charge in [-0.3, -0.25) is 4.79 Å². The van der Waals surface area contributed by atoms with Crippen LogP contribution in [0.1, 0.15) is 12.8 Å². The van der Waals surface area contributed by atoms with Crippen LogP contribution in [0, 0.1) is 5.92 Å². The molecule has 0 aliphatic carbocycles. The fourth-order valence-corrected chi connectivity index (χ4v) is 3.34. The molecule has 6 nitrogen and oxygen atoms in total. The zero-order valence-corrected chi connectivity index (χ0v) is 13.1. The van der Waals surface area contributed by atoms with Crippen molar-refractivity contribution in [2.75, 3.05) is 18.0 Å². The highest BCUT2D eigenvalue weighted by Gasteiger charge is 2.26. The molecule has 0 spiro atoms. The van der Waals surface area contributed by atoms with Gasteiger partial charge in [0.2, 0.25) is 0 Å². The van der Waals surface area contributed by atoms with Gasteiger partial charge in [-0.2, -0.15) is 0 Å². The predicted octanol–water partition coefficient (Wildman–Crippen LogP) is 2.93. The summed E-state index contributed by atoms with van der Waals surface area (Å²) in [4.78, 5) is 25.5. The molecule has 6 heteroatoms. The monoisotopic (exact) mass is 322 g/mol. The normalized spacial score (nSPS) is 15.8. The van der Waals surface area contributed by atoms with Crippen LogP contribution >= 0.6 is 0 Å². The number of carboxylic acid groups (broad SMARTS) is 1. The third-order valence-corrected chi connectivity index (χ3v) is 4.67. The number of hydrogen-bond donors (Lipinski definition) is 2. The van der Waals surface area contributed by atoms with Crippen LogP contribution in [0.2, 0.25) is 0 Å². The maximum absolute atomic E-state index is 11.1. The Morgan fingerprint density at radius 3 is 2.62 bits per heavy atom. The smallest absolute Gasteiger partial charge is 0.306 e. The lowest BCUT2D eigenvalue weighted by Gasteiger charge is -2.31. The van der Waals surface area contributed by atoms with Gasteiger partial charge >= 0.3 is 5.97 Å². The fraction of sp³-hybridized carbons (Fsp3) is 0.278. The van der Waals surface area contributed by atoms with E-state index >= 15 is 0 Å². The number of piperidine rings is 1. The highest BCUT2D eigenvalue weighted by molar-refractivity contribution is 5.97. The molecule has 122 valence electrons. The van der Waals surface area contributed by atoms with Crippen molar-refractivity contribution in [1.29, 1.82) is 0 Å². The molecule has 0 unspecified atom stereocenters. The Bertz CT molecular complexity index is 867. The summed E-state index contributed by atoms with van der Waals surface area (Å²) in [5.74, 6) is -0.0955. The van der Waals surface area contributed by atoms with Crippen molar-refractivity contribution in [2.24, 2.45) is 5.92 Å². The standard InChI is InChI=1S/C18H18N4O2/c23-18(24)13-6-8-22(9-7-13)17-16-15(20-11-21-17)14(10-19-16)12-4-2-1-3-5-12/h1-5,10-11,13,19H,6-9H2,(H,23,24). The second-order valence-electron chi connectivity index (χ2n) is 6.09. The molecule has 1 fully saturated rings. The topological polar surface area (TPSA) is 82.1 Å². The van der Waals surface area contributed by atoms with Gasteiger partial charge in [-0.15, -0.1) is 0 Å². The number of aromatic amines is 1. The van der Waals surface area contributed by atoms with Crippen LogP contribution in [0.25, 0.3) is 22.2 Å². The molecule has 1 aliphatic heterocycles. The number of H-pyrrole nitrogens is 1. The molecule has 1 saturated heterocycles. The van der Waals surface area contributed by atoms with Crippen molar-refractivity contribution in [3.05, 3.63) is 42.9 Å². The Hall–Kier alpha value is -2.89. The van der Waals surface area contributed by atoms with Crippen LogP contribution in [0.5, 0.6) is 0 Å². The van der Waals surface area contributed by atoms with Gasteiger partial charge in [-0.25, -0.2) is 9.97 Å². The summed E-state index contributed by atoms with van der Waals surface area (Å²) in [7, 11) is 0. The number of aliphatic carboxylic acids is 1. The molecule has 3 aromatic rings. The molecular formula is C18H18N4O2. The fourth-order valence-electron chi connectivity index (χ4n) is 3.34. The largest absolute Gasteiger partial charge is 0.481 e. The molecule has 1 aromatic carbocycles. The second-order valence-corrected chi connectivity index (χ2v) is 6.09. The summed E-state index contributed by atoms with van der Waals surface area (Å²) < 4.78 is 0. The average Bonchev–Trinajstić information content (AvgIpc) is 3.06. The summed E-state index contributed by atoms with van der Waals surface area (Å²) in [6.45, 7) is 1.39. The van der Waals surface area contributed by atoms with Crippen molar-refractivity contribution < 1.29 is 9.90 Å². The van der Waals surface area contributed by atoms with Gasteiger partial charge < -0.3 is 15.0 Å². The Kier molecular flexibility index (Phi) is 3.65. The molecule has 1 aliphatic rings. The van der Waals surface area contributed by atoms with E-state index in [0.717, 1.165) is 28.0 Å². The van der Waals surface area contributed by atoms with E-state index in [2.05, 4.69) is 32.0 Å². The van der Waals surface area contributed by atoms with Gasteiger partial charge in [0, 0.05) is 24.8 Å². The third kappa shape index (κ3) is 2.50. The number of aromatic nitrogens is 3. The van der Waals surface area contributed by atoms with Gasteiger partial charge in [0.05, 0.1) is 5.92 Å². The van der Waals surface area contributed by atoms with Gasteiger partial charge in [0.25, 0.3) is 0 Å². The van der Waals surface area contributed by atoms with E-state index in [9.17, 15) is 4.79 Å². The highest BCUT2D eigenvalue weighted by atomic mass is 16.4. The second kappa shape index (κ2) is 5.96. The van der Waals surface area contributed by atoms with Crippen molar-refractivity contribution in [3.63, 3.8) is 0 Å². The van der Waals surface area contributed by atoms with Crippen molar-refractivity contribution in [3.8, 4) is 11.1 Å². The Morgan fingerprint density at radius 1 is 1.17 bits per heavy atom. The number of fused-ring (bicyclic) bond motifs is 1. The lowest BCUT2D eigenvalue weighted by atomic mass is 9.97. The minimum atomic E-state index is -0.700. The average molecular weight is 322 g/mol. The molecule has 2 aromatic heterocycles. The van der Waals surface area contributed by atoms with Gasteiger partial charge in [-0.05, 0) is 18.4 Å². The zero-order chi connectivity index (χ0) is 16.5. The van der Waals surface area contributed by atoms with Crippen LogP contribution in [0.3, 0.4) is 0 Å². The van der Waals surface area contributed by atoms with Crippen LogP contribution < -0.4 is 4.90 Å². The zero-order valence-electron chi connectivity index (χ0n) is 13.1. The SMILES string of the molecule is O=C(O)C1CCN(c2ncnc3c(-c4ccccc4)c[nH]c23)CC1. The Labute approximate surface area is 139 Å². The number of carbonyl (C=O) groups is 1. The Morgan fingerprint density at radius 2 is 1.92 bits per heavy atom. The summed E-state index contributed by atoms with van der Waals surface area (Å²) >= 11 is 0. The number of rotatable bonds is 3. The number of nitrogens with zero attached hydrogens (tertiary/aromatic N) is 3. The number of nitrogens with one attached hydrogen (secondary N) is 1. The van der Waals surface area contributed by atoms with Crippen LogP contribution in [-0.2, 0) is 4.79 Å². The van der Waals surface area contributed by atoms with Gasteiger partial charge in [0.15, 0.2) is 5.82 Å². The van der Waals surface area contributed by atoms with Crippen molar-refractivity contribution in [2.45, 2.75) is 12.8 Å². The molecule has 0 amide bonds. The molecule has 0 radical (unpaired) electrons. The molecule has 24 heavy (non-hydrogen) atoms. The van der Waals surface area contributed by atoms with E-state index in [1.54, 1.807) is 6.33 Å². The van der Waals surface area contributed by atoms with Crippen LogP contribution in [0.4, 0.5) is 5.82 Å². The van der Waals surface area contributed by atoms with Crippen LogP contribution in [0.15, 0.2) is 42.9 Å². The lowest BCUT2D eigenvalue weighted by molar-refractivity contribution is -0.142. The van der Waals surface area contributed by atoms with Crippen molar-refractivity contribution >= 4 is 22.8 Å². The molecule has 0 bridgehead atoms. The quantitative estimate of drug-likeness (QED) is 0.775. The van der Waals surface area contributed by atoms with E-state index in [-0.39, 0.29) is 5.92 Å². The van der Waals surface area contributed by atoms with Crippen LogP contribution in [-0.4, -0.2) is 39.1 Å². The first kappa shape index (κ1) is 14.7. The summed E-state index contributed by atoms with van der Waals surface area (Å²) in [5.41, 5.74) is 3.96. The van der Waals surface area contributed by atoms with E-state index < -0.39 is 5.97 Å². The summed E-state index contributed by atoms with van der Waals surface area (Å²) in [5, 5.41) is 9.15. The van der Waals surface area contributed by atoms with E-state index in [0.29, 0.717) is 25.9 Å². The minimum absolute atomic E-state index is 0.248. The van der Waals surface area contributed by atoms with E-state index in [4.69, 9.17) is 5.11 Å². The maximum atomic E-state index is 11.1. The molecule has 0 atom stereocenters. The van der Waals surface area contributed by atoms with E-state index in [1.165, 1.54) is 0 Å². The molecular weight excluding hydrogens is 304 g/mol. The first-order valence-corrected chi connectivity index (χ1v) is 8.09. The van der Waals surface area contributed by atoms with Gasteiger partial charge in [0.1, 0.15) is 17.4 Å². The molecule has 4 rings (SSSR count). The first-order chi connectivity index (χ1) is 11.7. The minimum Gasteiger partial charge on any atom is -0.481 e. The van der Waals surface area contributed by atoms with E-state index in [1.807, 2.05) is 24.4 Å². The summed E-state index contributed by atoms with van der Waals surface area (Å²) in [6, 6.07) is 10.1. The Balaban J connectivity index is 1.68. The molecule has 2 N–H and O–H groups in total. The number of hydrogen-bond acceptors (Lipinski definition) is 4. The first-order valence-electron chi connectivity index (χ1n) is 8.09. The lowest BCUT2D eigenvalue weighted by Crippen LogP contribution is -2.36. The predicted molar refractivity (Wildman–Crippen MR) is 91.9 cm³/mol. The highest BCUT2D eigenvalue weighted by Crippen LogP contribution is 2.32. The maximum Gasteiger partial charge on any atom is 0.306 e. The van der Waals surface area contributed by atoms with Crippen molar-refractivity contribution in [1.82, 2.24) is 15.0 Å². The molecule has 0 saturated carbocycles. The number of benzene rings is 1. The number of anilines is 1. The third-order valence-electron chi connectivity index (χ3n) is 4.67. The molecule has 3 heterocycles. The number of carboxylic acids is 1. The van der Waals surface area contributed by atoms with Gasteiger partial charge in [-0.1, -0.05) is 30.3 Å². The summed E-state index contributed by atoms with van der Waals surface area (Å²) in [6.07, 6.45) is 4.84.